The molecule has 1 saturated heterocycles. The summed E-state index contributed by atoms with van der Waals surface area (Å²) in [4.78, 5) is 4.84. The van der Waals surface area contributed by atoms with Gasteiger partial charge in [0.15, 0.2) is 5.17 Å². The Labute approximate surface area is 109 Å². The molecule has 0 unspecified atom stereocenters. The maximum atomic E-state index is 4.84. The van der Waals surface area contributed by atoms with Gasteiger partial charge in [-0.25, -0.2) is 0 Å². The minimum Gasteiger partial charge on any atom is -0.359 e. The van der Waals surface area contributed by atoms with Gasteiger partial charge in [-0.1, -0.05) is 44.4 Å². The van der Waals surface area contributed by atoms with Crippen LogP contribution in [0.4, 0.5) is 0 Å². The van der Waals surface area contributed by atoms with Gasteiger partial charge >= 0.3 is 0 Å². The van der Waals surface area contributed by atoms with Crippen LogP contribution in [0.15, 0.2) is 4.99 Å². The molecule has 0 bridgehead atoms. The van der Waals surface area contributed by atoms with Crippen molar-refractivity contribution in [3.8, 4) is 0 Å². The van der Waals surface area contributed by atoms with Crippen molar-refractivity contribution in [2.24, 2.45) is 10.4 Å². The van der Waals surface area contributed by atoms with Crippen LogP contribution in [0.2, 0.25) is 0 Å². The summed E-state index contributed by atoms with van der Waals surface area (Å²) >= 11 is 1.96. The third kappa shape index (κ3) is 2.49. The van der Waals surface area contributed by atoms with Crippen molar-refractivity contribution in [2.75, 3.05) is 12.3 Å². The number of nitrogens with one attached hydrogen (secondary N) is 1. The van der Waals surface area contributed by atoms with Crippen molar-refractivity contribution in [1.82, 2.24) is 5.32 Å². The van der Waals surface area contributed by atoms with E-state index in [1.807, 2.05) is 11.8 Å². The third-order valence-electron chi connectivity index (χ3n) is 4.83. The molecule has 0 aromatic carbocycles. The first-order valence-electron chi connectivity index (χ1n) is 7.15. The van der Waals surface area contributed by atoms with Crippen LogP contribution >= 0.6 is 11.8 Å². The Bertz CT molecular complexity index is 314. The fourth-order valence-corrected chi connectivity index (χ4v) is 4.51. The van der Waals surface area contributed by atoms with E-state index in [1.165, 1.54) is 62.3 Å². The number of amidine groups is 1. The fourth-order valence-electron chi connectivity index (χ4n) is 3.29. The zero-order valence-electron chi connectivity index (χ0n) is 10.9. The van der Waals surface area contributed by atoms with Crippen molar-refractivity contribution in [3.63, 3.8) is 0 Å². The van der Waals surface area contributed by atoms with Crippen LogP contribution in [0.1, 0.15) is 58.3 Å². The van der Waals surface area contributed by atoms with Crippen LogP contribution in [0.3, 0.4) is 0 Å². The molecule has 2 nitrogen and oxygen atoms in total. The monoisotopic (exact) mass is 252 g/mol. The fraction of sp³-hybridized carbons (Fsp3) is 0.929. The summed E-state index contributed by atoms with van der Waals surface area (Å²) in [7, 11) is 0. The Hall–Kier alpha value is -0.180. The molecular weight excluding hydrogens is 228 g/mol. The van der Waals surface area contributed by atoms with Gasteiger partial charge < -0.3 is 5.32 Å². The van der Waals surface area contributed by atoms with Crippen LogP contribution in [0.5, 0.6) is 0 Å². The number of hydrogen-bond acceptors (Lipinski definition) is 2. The average molecular weight is 252 g/mol. The van der Waals surface area contributed by atoms with Crippen LogP contribution in [0, 0.1) is 5.41 Å². The van der Waals surface area contributed by atoms with Crippen LogP contribution in [-0.4, -0.2) is 23.0 Å². The number of thioether (sulfide) groups is 1. The molecule has 3 fully saturated rings. The maximum absolute atomic E-state index is 4.84. The molecule has 2 aliphatic carbocycles. The molecule has 0 aromatic heterocycles. The van der Waals surface area contributed by atoms with Gasteiger partial charge in [-0.05, 0) is 31.1 Å². The minimum absolute atomic E-state index is 0.419. The van der Waals surface area contributed by atoms with Crippen LogP contribution in [-0.2, 0) is 0 Å². The molecule has 1 spiro atoms. The normalized spacial score (nSPS) is 32.4. The van der Waals surface area contributed by atoms with E-state index in [2.05, 4.69) is 12.2 Å². The molecule has 3 rings (SSSR count). The molecule has 1 heterocycles. The molecule has 1 N–H and O–H groups in total. The molecule has 0 amide bonds. The maximum Gasteiger partial charge on any atom is 0.157 e. The van der Waals surface area contributed by atoms with Gasteiger partial charge in [-0.3, -0.25) is 4.99 Å². The number of hydrogen-bond donors (Lipinski definition) is 1. The molecule has 1 aliphatic heterocycles. The van der Waals surface area contributed by atoms with Crippen molar-refractivity contribution in [2.45, 2.75) is 63.8 Å². The Kier molecular flexibility index (Phi) is 3.14. The molecular formula is C14H24N2S. The van der Waals surface area contributed by atoms with Gasteiger partial charge in [-0.2, -0.15) is 0 Å². The van der Waals surface area contributed by atoms with Crippen molar-refractivity contribution >= 4 is 16.9 Å². The summed E-state index contributed by atoms with van der Waals surface area (Å²) in [5, 5.41) is 4.98. The molecule has 0 atom stereocenters. The Morgan fingerprint density at radius 1 is 1.12 bits per heavy atom. The van der Waals surface area contributed by atoms with Gasteiger partial charge in [0.1, 0.15) is 0 Å². The zero-order valence-corrected chi connectivity index (χ0v) is 11.7. The standard InChI is InChI=1S/C14H24N2S/c1-13(6-5-7-13)10-15-12-16-14(11-17-12)8-3-2-4-9-14/h2-11H2,1H3,(H,15,16). The summed E-state index contributed by atoms with van der Waals surface area (Å²) in [6.07, 6.45) is 11.1. The second-order valence-electron chi connectivity index (χ2n) is 6.54. The first kappa shape index (κ1) is 11.9. The Morgan fingerprint density at radius 2 is 1.88 bits per heavy atom. The van der Waals surface area contributed by atoms with Gasteiger partial charge in [0, 0.05) is 17.8 Å². The van der Waals surface area contributed by atoms with E-state index < -0.39 is 0 Å². The van der Waals surface area contributed by atoms with Gasteiger partial charge in [-0.15, -0.1) is 0 Å². The first-order chi connectivity index (χ1) is 8.20. The summed E-state index contributed by atoms with van der Waals surface area (Å²) in [5.41, 5.74) is 0.944. The topological polar surface area (TPSA) is 24.4 Å². The van der Waals surface area contributed by atoms with Gasteiger partial charge in [0.25, 0.3) is 0 Å². The van der Waals surface area contributed by atoms with Crippen molar-refractivity contribution in [3.05, 3.63) is 0 Å². The zero-order chi connectivity index (χ0) is 11.8. The largest absolute Gasteiger partial charge is 0.359 e. The highest BCUT2D eigenvalue weighted by atomic mass is 32.2. The molecule has 0 aromatic rings. The van der Waals surface area contributed by atoms with E-state index in [-0.39, 0.29) is 0 Å². The lowest BCUT2D eigenvalue weighted by atomic mass is 9.71. The molecule has 3 heteroatoms. The summed E-state index contributed by atoms with van der Waals surface area (Å²) in [5.74, 6) is 1.25. The smallest absolute Gasteiger partial charge is 0.157 e. The lowest BCUT2D eigenvalue weighted by molar-refractivity contribution is 0.173. The summed E-state index contributed by atoms with van der Waals surface area (Å²) < 4.78 is 0. The quantitative estimate of drug-likeness (QED) is 0.812. The van der Waals surface area contributed by atoms with Crippen LogP contribution in [0.25, 0.3) is 0 Å². The second-order valence-corrected chi connectivity index (χ2v) is 7.50. The van der Waals surface area contributed by atoms with Gasteiger partial charge in [0.2, 0.25) is 0 Å². The Balaban J connectivity index is 1.57. The second kappa shape index (κ2) is 4.49. The summed E-state index contributed by atoms with van der Waals surface area (Å²) in [6.45, 7) is 3.43. The van der Waals surface area contributed by atoms with Gasteiger partial charge in [0.05, 0.1) is 0 Å². The number of aliphatic imine (C=N–C) groups is 1. The third-order valence-corrected chi connectivity index (χ3v) is 6.03. The highest BCUT2D eigenvalue weighted by molar-refractivity contribution is 8.14. The molecule has 3 aliphatic rings. The molecule has 2 saturated carbocycles. The lowest BCUT2D eigenvalue weighted by Gasteiger charge is -2.37. The van der Waals surface area contributed by atoms with E-state index in [0.29, 0.717) is 11.0 Å². The van der Waals surface area contributed by atoms with E-state index in [4.69, 9.17) is 4.99 Å². The van der Waals surface area contributed by atoms with Crippen molar-refractivity contribution < 1.29 is 0 Å². The predicted octanol–water partition coefficient (Wildman–Crippen LogP) is 3.57. The first-order valence-corrected chi connectivity index (χ1v) is 8.14. The predicted molar refractivity (Wildman–Crippen MR) is 75.7 cm³/mol. The summed E-state index contributed by atoms with van der Waals surface area (Å²) in [6, 6.07) is 0. The lowest BCUT2D eigenvalue weighted by Crippen LogP contribution is -2.45. The highest BCUT2D eigenvalue weighted by Crippen LogP contribution is 2.41. The van der Waals surface area contributed by atoms with E-state index in [9.17, 15) is 0 Å². The average Bonchev–Trinajstić information content (AvgIpc) is 2.68. The molecule has 0 radical (unpaired) electrons. The van der Waals surface area contributed by atoms with E-state index >= 15 is 0 Å². The SMILES string of the molecule is CC1(CN=C2NC3(CCCCC3)CS2)CCC1. The number of nitrogens with zero attached hydrogens (tertiary/aromatic N) is 1. The molecule has 17 heavy (non-hydrogen) atoms. The van der Waals surface area contributed by atoms with Crippen molar-refractivity contribution in [1.29, 1.82) is 0 Å². The minimum atomic E-state index is 0.419. The highest BCUT2D eigenvalue weighted by Gasteiger charge is 2.38. The van der Waals surface area contributed by atoms with E-state index in [0.717, 1.165) is 6.54 Å². The van der Waals surface area contributed by atoms with Crippen LogP contribution < -0.4 is 5.32 Å². The molecule has 96 valence electrons. The Morgan fingerprint density at radius 3 is 2.53 bits per heavy atom. The van der Waals surface area contributed by atoms with E-state index in [1.54, 1.807) is 0 Å². The number of rotatable bonds is 2.